The van der Waals surface area contributed by atoms with Gasteiger partial charge in [-0.1, -0.05) is 12.1 Å². The monoisotopic (exact) mass is 205 g/mol. The summed E-state index contributed by atoms with van der Waals surface area (Å²) in [4.78, 5) is 11.1. The second-order valence-electron chi connectivity index (χ2n) is 3.94. The predicted molar refractivity (Wildman–Crippen MR) is 57.7 cm³/mol. The molecule has 2 rings (SSSR count). The van der Waals surface area contributed by atoms with Crippen LogP contribution in [0.25, 0.3) is 0 Å². The molecule has 0 aromatic heterocycles. The van der Waals surface area contributed by atoms with Crippen molar-refractivity contribution in [2.24, 2.45) is 11.7 Å². The molecule has 80 valence electrons. The standard InChI is InChI=1S/C12H15NO2/c1-15-11-4-2-3-8-7-9(12(13)14)5-6-10(8)11/h2-4,9H,5-7H2,1H3,(H2,13,14). The number of benzene rings is 1. The highest BCUT2D eigenvalue weighted by atomic mass is 16.5. The Hall–Kier alpha value is -1.51. The van der Waals surface area contributed by atoms with Crippen LogP contribution >= 0.6 is 0 Å². The highest BCUT2D eigenvalue weighted by Crippen LogP contribution is 2.31. The Morgan fingerprint density at radius 3 is 3.00 bits per heavy atom. The number of amides is 1. The number of nitrogens with two attached hydrogens (primary N) is 1. The second kappa shape index (κ2) is 3.93. The first-order valence-corrected chi connectivity index (χ1v) is 5.16. The molecule has 0 aliphatic heterocycles. The van der Waals surface area contributed by atoms with Gasteiger partial charge in [-0.05, 0) is 36.5 Å². The van der Waals surface area contributed by atoms with Crippen LogP contribution < -0.4 is 10.5 Å². The minimum Gasteiger partial charge on any atom is -0.496 e. The molecule has 0 saturated heterocycles. The Kier molecular flexibility index (Phi) is 2.62. The molecule has 1 unspecified atom stereocenters. The highest BCUT2D eigenvalue weighted by molar-refractivity contribution is 5.77. The van der Waals surface area contributed by atoms with Gasteiger partial charge < -0.3 is 10.5 Å². The Labute approximate surface area is 89.2 Å². The van der Waals surface area contributed by atoms with Gasteiger partial charge in [-0.25, -0.2) is 0 Å². The smallest absolute Gasteiger partial charge is 0.220 e. The van der Waals surface area contributed by atoms with Crippen molar-refractivity contribution in [1.29, 1.82) is 0 Å². The number of carbonyl (C=O) groups excluding carboxylic acids is 1. The minimum atomic E-state index is -0.191. The summed E-state index contributed by atoms with van der Waals surface area (Å²) in [5.41, 5.74) is 7.76. The topological polar surface area (TPSA) is 52.3 Å². The molecular formula is C12H15NO2. The number of carbonyl (C=O) groups is 1. The summed E-state index contributed by atoms with van der Waals surface area (Å²) in [6.07, 6.45) is 2.47. The maximum absolute atomic E-state index is 11.1. The number of primary amides is 1. The third-order valence-electron chi connectivity index (χ3n) is 3.06. The molecule has 15 heavy (non-hydrogen) atoms. The van der Waals surface area contributed by atoms with Crippen LogP contribution in [-0.2, 0) is 17.6 Å². The van der Waals surface area contributed by atoms with Crippen molar-refractivity contribution in [3.05, 3.63) is 29.3 Å². The van der Waals surface area contributed by atoms with Gasteiger partial charge in [-0.15, -0.1) is 0 Å². The van der Waals surface area contributed by atoms with E-state index in [0.717, 1.165) is 25.0 Å². The Morgan fingerprint density at radius 2 is 2.33 bits per heavy atom. The van der Waals surface area contributed by atoms with Crippen molar-refractivity contribution in [3.63, 3.8) is 0 Å². The summed E-state index contributed by atoms with van der Waals surface area (Å²) in [5, 5.41) is 0. The first-order chi connectivity index (χ1) is 7.22. The van der Waals surface area contributed by atoms with Crippen molar-refractivity contribution in [3.8, 4) is 5.75 Å². The first-order valence-electron chi connectivity index (χ1n) is 5.16. The predicted octanol–water partition coefficient (Wildman–Crippen LogP) is 1.29. The summed E-state index contributed by atoms with van der Waals surface area (Å²) in [5.74, 6) is 0.725. The third kappa shape index (κ3) is 1.82. The zero-order valence-electron chi connectivity index (χ0n) is 8.82. The average molecular weight is 205 g/mol. The molecule has 2 N–H and O–H groups in total. The molecule has 1 aliphatic rings. The number of ether oxygens (including phenoxy) is 1. The van der Waals surface area contributed by atoms with Gasteiger partial charge in [-0.3, -0.25) is 4.79 Å². The van der Waals surface area contributed by atoms with E-state index in [1.807, 2.05) is 18.2 Å². The number of rotatable bonds is 2. The molecule has 0 fully saturated rings. The molecule has 0 spiro atoms. The van der Waals surface area contributed by atoms with Crippen molar-refractivity contribution >= 4 is 5.91 Å². The fourth-order valence-electron chi connectivity index (χ4n) is 2.21. The van der Waals surface area contributed by atoms with Gasteiger partial charge in [-0.2, -0.15) is 0 Å². The molecule has 1 atom stereocenters. The number of hydrogen-bond donors (Lipinski definition) is 1. The van der Waals surface area contributed by atoms with Crippen LogP contribution in [0, 0.1) is 5.92 Å². The van der Waals surface area contributed by atoms with Crippen molar-refractivity contribution in [2.75, 3.05) is 7.11 Å². The largest absolute Gasteiger partial charge is 0.496 e. The molecule has 0 heterocycles. The molecule has 0 bridgehead atoms. The van der Waals surface area contributed by atoms with E-state index < -0.39 is 0 Å². The van der Waals surface area contributed by atoms with Crippen LogP contribution in [0.3, 0.4) is 0 Å². The minimum absolute atomic E-state index is 0.00962. The number of methoxy groups -OCH3 is 1. The van der Waals surface area contributed by atoms with E-state index in [-0.39, 0.29) is 11.8 Å². The van der Waals surface area contributed by atoms with Crippen molar-refractivity contribution in [1.82, 2.24) is 0 Å². The molecule has 1 aliphatic carbocycles. The van der Waals surface area contributed by atoms with Crippen LogP contribution in [0.5, 0.6) is 5.75 Å². The second-order valence-corrected chi connectivity index (χ2v) is 3.94. The van der Waals surface area contributed by atoms with Gasteiger partial charge in [0.2, 0.25) is 5.91 Å². The van der Waals surface area contributed by atoms with Crippen molar-refractivity contribution < 1.29 is 9.53 Å². The zero-order valence-corrected chi connectivity index (χ0v) is 8.82. The van der Waals surface area contributed by atoms with E-state index in [0.29, 0.717) is 0 Å². The van der Waals surface area contributed by atoms with Crippen LogP contribution in [0.15, 0.2) is 18.2 Å². The van der Waals surface area contributed by atoms with E-state index in [2.05, 4.69) is 0 Å². The van der Waals surface area contributed by atoms with E-state index in [1.54, 1.807) is 7.11 Å². The van der Waals surface area contributed by atoms with Crippen LogP contribution in [0.4, 0.5) is 0 Å². The maximum Gasteiger partial charge on any atom is 0.220 e. The SMILES string of the molecule is COc1cccc2c1CCC(C(N)=O)C2. The summed E-state index contributed by atoms with van der Waals surface area (Å²) >= 11 is 0. The Balaban J connectivity index is 2.31. The molecule has 0 saturated carbocycles. The van der Waals surface area contributed by atoms with Gasteiger partial charge in [0.05, 0.1) is 7.11 Å². The molecule has 1 amide bonds. The Morgan fingerprint density at radius 1 is 1.53 bits per heavy atom. The van der Waals surface area contributed by atoms with Crippen LogP contribution in [0.2, 0.25) is 0 Å². The van der Waals surface area contributed by atoms with Crippen LogP contribution in [-0.4, -0.2) is 13.0 Å². The fraction of sp³-hybridized carbons (Fsp3) is 0.417. The van der Waals surface area contributed by atoms with Gasteiger partial charge in [0.15, 0.2) is 0 Å². The number of fused-ring (bicyclic) bond motifs is 1. The zero-order chi connectivity index (χ0) is 10.8. The lowest BCUT2D eigenvalue weighted by Gasteiger charge is -2.23. The maximum atomic E-state index is 11.1. The van der Waals surface area contributed by atoms with Gasteiger partial charge in [0.25, 0.3) is 0 Å². The van der Waals surface area contributed by atoms with Gasteiger partial charge >= 0.3 is 0 Å². The lowest BCUT2D eigenvalue weighted by atomic mass is 9.83. The molecule has 0 radical (unpaired) electrons. The summed E-state index contributed by atoms with van der Waals surface area (Å²) < 4.78 is 5.29. The van der Waals surface area contributed by atoms with Gasteiger partial charge in [0, 0.05) is 5.92 Å². The normalized spacial score (nSPS) is 19.4. The van der Waals surface area contributed by atoms with Crippen LogP contribution in [0.1, 0.15) is 17.5 Å². The quantitative estimate of drug-likeness (QED) is 0.790. The molecule has 1 aromatic carbocycles. The summed E-state index contributed by atoms with van der Waals surface area (Å²) in [6, 6.07) is 5.97. The molecular weight excluding hydrogens is 190 g/mol. The first kappa shape index (κ1) is 10.0. The van der Waals surface area contributed by atoms with E-state index in [1.165, 1.54) is 11.1 Å². The van der Waals surface area contributed by atoms with E-state index >= 15 is 0 Å². The van der Waals surface area contributed by atoms with Crippen molar-refractivity contribution in [2.45, 2.75) is 19.3 Å². The highest BCUT2D eigenvalue weighted by Gasteiger charge is 2.24. The summed E-state index contributed by atoms with van der Waals surface area (Å²) in [6.45, 7) is 0. The molecule has 3 nitrogen and oxygen atoms in total. The van der Waals surface area contributed by atoms with E-state index in [9.17, 15) is 4.79 Å². The molecule has 1 aromatic rings. The average Bonchev–Trinajstić information content (AvgIpc) is 2.27. The third-order valence-corrected chi connectivity index (χ3v) is 3.06. The number of hydrogen-bond acceptors (Lipinski definition) is 2. The molecule has 3 heteroatoms. The lowest BCUT2D eigenvalue weighted by Crippen LogP contribution is -2.28. The fourth-order valence-corrected chi connectivity index (χ4v) is 2.21. The Bertz CT molecular complexity index is 387. The lowest BCUT2D eigenvalue weighted by molar-refractivity contribution is -0.122. The van der Waals surface area contributed by atoms with E-state index in [4.69, 9.17) is 10.5 Å². The summed E-state index contributed by atoms with van der Waals surface area (Å²) in [7, 11) is 1.68. The van der Waals surface area contributed by atoms with Gasteiger partial charge in [0.1, 0.15) is 5.75 Å².